The van der Waals surface area contributed by atoms with Crippen LogP contribution in [0.3, 0.4) is 0 Å². The summed E-state index contributed by atoms with van der Waals surface area (Å²) in [7, 11) is -2.73. The van der Waals surface area contributed by atoms with Gasteiger partial charge in [-0.1, -0.05) is 0 Å². The zero-order valence-electron chi connectivity index (χ0n) is 13.6. The van der Waals surface area contributed by atoms with E-state index in [0.29, 0.717) is 4.90 Å². The molecule has 0 saturated heterocycles. The fraction of sp³-hybridized carbons (Fsp3) is 0.111. The van der Waals surface area contributed by atoms with Crippen molar-refractivity contribution < 1.29 is 31.1 Å². The van der Waals surface area contributed by atoms with Crippen molar-refractivity contribution in [1.29, 1.82) is 0 Å². The number of nitro benzene ring substituents is 1. The molecule has 2 aromatic rings. The van der Waals surface area contributed by atoms with E-state index in [4.69, 9.17) is 0 Å². The number of anilines is 1. The van der Waals surface area contributed by atoms with Crippen molar-refractivity contribution in [1.82, 2.24) is 0 Å². The molecule has 0 saturated carbocycles. The molecule has 0 heterocycles. The summed E-state index contributed by atoms with van der Waals surface area (Å²) in [6.45, 7) is 0. The molecule has 1 aliphatic carbocycles. The summed E-state index contributed by atoms with van der Waals surface area (Å²) in [5.41, 5.74) is 1.96. The Morgan fingerprint density at radius 2 is 1.88 bits per heavy atom. The Hall–Kier alpha value is -2.29. The second kappa shape index (κ2) is 7.52. The second-order valence-corrected chi connectivity index (χ2v) is 11.7. The summed E-state index contributed by atoms with van der Waals surface area (Å²) in [6.07, 6.45) is 8.41. The third-order valence-corrected chi connectivity index (χ3v) is 7.82. The minimum absolute atomic E-state index is 0.106. The molecule has 1 aliphatic rings. The zero-order valence-corrected chi connectivity index (χ0v) is 16.9. The van der Waals surface area contributed by atoms with E-state index in [1.54, 1.807) is 12.1 Å². The van der Waals surface area contributed by atoms with Gasteiger partial charge in [0, 0.05) is 0 Å². The standard InChI is InChI=1S/C18H16N2O4S.Os/c21-15-8-11-17(18(12-15)20(22)23)19-25(24)16-9-6-14(7-10-16)13-4-2-1-3-5-13;/h2,4-12,19,21H,1,3H2;. The van der Waals surface area contributed by atoms with Crippen LogP contribution in [0.1, 0.15) is 18.4 Å². The van der Waals surface area contributed by atoms with Gasteiger partial charge in [-0.3, -0.25) is 0 Å². The molecule has 0 bridgehead atoms. The number of phenolic OH excluding ortho intramolecular Hbond substituents is 1. The van der Waals surface area contributed by atoms with Crippen LogP contribution in [-0.2, 0) is 24.4 Å². The predicted molar refractivity (Wildman–Crippen MR) is 97.6 cm³/mol. The van der Waals surface area contributed by atoms with Gasteiger partial charge in [0.2, 0.25) is 0 Å². The molecule has 2 aromatic carbocycles. The molecule has 1 unspecified atom stereocenters. The minimum atomic E-state index is -2.73. The zero-order chi connectivity index (χ0) is 18.7. The molecular weight excluding hydrogens is 531 g/mol. The predicted octanol–water partition coefficient (Wildman–Crippen LogP) is 4.17. The van der Waals surface area contributed by atoms with E-state index in [1.165, 1.54) is 29.0 Å². The molecule has 2 N–H and O–H groups in total. The number of rotatable bonds is 5. The molecule has 3 rings (SSSR count). The van der Waals surface area contributed by atoms with Crippen LogP contribution in [0.25, 0.3) is 5.57 Å². The van der Waals surface area contributed by atoms with Gasteiger partial charge in [0.15, 0.2) is 0 Å². The van der Waals surface area contributed by atoms with Crippen LogP contribution in [0.4, 0.5) is 11.4 Å². The van der Waals surface area contributed by atoms with E-state index in [1.807, 2.05) is 12.1 Å². The van der Waals surface area contributed by atoms with Crippen molar-refractivity contribution in [3.63, 3.8) is 0 Å². The summed E-state index contributed by atoms with van der Waals surface area (Å²) < 4.78 is 15.9. The van der Waals surface area contributed by atoms with Crippen molar-refractivity contribution in [3.8, 4) is 5.75 Å². The van der Waals surface area contributed by atoms with Crippen LogP contribution in [0.5, 0.6) is 5.75 Å². The SMILES string of the molecule is O=[N+]([O-])c1cc(O)ccc1N[S](=O)(=[Os])c1ccc(C2=CCCC=C2)cc1. The summed E-state index contributed by atoms with van der Waals surface area (Å²) in [6, 6.07) is 11.0. The number of allylic oxidation sites excluding steroid dienone is 4. The number of hydrogen-bond acceptors (Lipinski definition) is 4. The maximum absolute atomic E-state index is 13.1. The van der Waals surface area contributed by atoms with E-state index >= 15 is 0 Å². The fourth-order valence-corrected chi connectivity index (χ4v) is 5.52. The van der Waals surface area contributed by atoms with Crippen LogP contribution < -0.4 is 4.72 Å². The van der Waals surface area contributed by atoms with Gasteiger partial charge in [0.1, 0.15) is 0 Å². The average molecular weight is 547 g/mol. The van der Waals surface area contributed by atoms with E-state index in [9.17, 15) is 19.4 Å². The van der Waals surface area contributed by atoms with Crippen molar-refractivity contribution in [3.05, 3.63) is 76.4 Å². The molecule has 26 heavy (non-hydrogen) atoms. The molecule has 0 amide bonds. The van der Waals surface area contributed by atoms with Gasteiger partial charge in [-0.05, 0) is 0 Å². The first-order valence-electron chi connectivity index (χ1n) is 7.82. The first kappa shape index (κ1) is 18.5. The van der Waals surface area contributed by atoms with Gasteiger partial charge in [-0.2, -0.15) is 0 Å². The van der Waals surface area contributed by atoms with E-state index in [-0.39, 0.29) is 17.1 Å². The van der Waals surface area contributed by atoms with Crippen LogP contribution in [0.15, 0.2) is 65.6 Å². The van der Waals surface area contributed by atoms with Crippen LogP contribution in [-0.4, -0.2) is 14.2 Å². The van der Waals surface area contributed by atoms with Crippen LogP contribution in [0.2, 0.25) is 0 Å². The van der Waals surface area contributed by atoms with Crippen molar-refractivity contribution in [2.75, 3.05) is 4.72 Å². The summed E-state index contributed by atoms with van der Waals surface area (Å²) in [4.78, 5) is 11.1. The second-order valence-electron chi connectivity index (χ2n) is 5.70. The molecule has 136 valence electrons. The Morgan fingerprint density at radius 3 is 2.50 bits per heavy atom. The van der Waals surface area contributed by atoms with E-state index < -0.39 is 12.5 Å². The Morgan fingerprint density at radius 1 is 1.15 bits per heavy atom. The number of nitro groups is 1. The maximum atomic E-state index is 13.1. The number of phenols is 1. The molecule has 6 nitrogen and oxygen atoms in total. The van der Waals surface area contributed by atoms with Crippen LogP contribution in [0, 0.1) is 10.1 Å². The molecular formula is C18H16N2O4OsS. The van der Waals surface area contributed by atoms with Crippen molar-refractivity contribution in [2.24, 2.45) is 0 Å². The van der Waals surface area contributed by atoms with Crippen molar-refractivity contribution in [2.45, 2.75) is 17.7 Å². The Balaban J connectivity index is 1.88. The Labute approximate surface area is 160 Å². The number of benzene rings is 2. The summed E-state index contributed by atoms with van der Waals surface area (Å²) in [5, 5.41) is 20.6. The molecule has 0 aromatic heterocycles. The normalized spacial score (nSPS) is 15.8. The van der Waals surface area contributed by atoms with Gasteiger partial charge in [-0.25, -0.2) is 0 Å². The van der Waals surface area contributed by atoms with Gasteiger partial charge >= 0.3 is 160 Å². The molecule has 0 radical (unpaired) electrons. The monoisotopic (exact) mass is 548 g/mol. The van der Waals surface area contributed by atoms with Gasteiger partial charge in [0.05, 0.1) is 0 Å². The fourth-order valence-electron chi connectivity index (χ4n) is 2.60. The Bertz CT molecular complexity index is 1010. The quantitative estimate of drug-likeness (QED) is 0.335. The molecule has 0 fully saturated rings. The first-order chi connectivity index (χ1) is 12.4. The summed E-state index contributed by atoms with van der Waals surface area (Å²) in [5.74, 6) is -0.217. The van der Waals surface area contributed by atoms with Gasteiger partial charge < -0.3 is 0 Å². The van der Waals surface area contributed by atoms with Gasteiger partial charge in [-0.15, -0.1) is 0 Å². The topological polar surface area (TPSA) is 92.5 Å². The number of hydrogen-bond donors (Lipinski definition) is 2. The molecule has 8 heteroatoms. The van der Waals surface area contributed by atoms with E-state index in [0.717, 1.165) is 30.0 Å². The van der Waals surface area contributed by atoms with Gasteiger partial charge in [0.25, 0.3) is 0 Å². The number of aromatic hydroxyl groups is 1. The van der Waals surface area contributed by atoms with Crippen molar-refractivity contribution >= 4 is 24.5 Å². The number of nitrogens with one attached hydrogen (secondary N) is 1. The average Bonchev–Trinajstić information content (AvgIpc) is 2.64. The molecule has 1 atom stereocenters. The third-order valence-electron chi connectivity index (χ3n) is 3.90. The number of nitrogens with zero attached hydrogens (tertiary/aromatic N) is 1. The van der Waals surface area contributed by atoms with Crippen LogP contribution >= 0.6 is 0 Å². The first-order valence-corrected chi connectivity index (χ1v) is 12.4. The van der Waals surface area contributed by atoms with E-state index in [2.05, 4.69) is 23.0 Å². The molecule has 0 aliphatic heterocycles. The molecule has 0 spiro atoms. The third kappa shape index (κ3) is 4.09. The Kier molecular flexibility index (Phi) is 5.35. The summed E-state index contributed by atoms with van der Waals surface area (Å²) >= 11 is 1.25.